The van der Waals surface area contributed by atoms with Crippen molar-refractivity contribution in [3.8, 4) is 0 Å². The second-order valence-electron chi connectivity index (χ2n) is 11.0. The van der Waals surface area contributed by atoms with Crippen LogP contribution in [0.15, 0.2) is 11.1 Å². The average molecular weight is 433 g/mol. The number of ether oxygens (including phenoxy) is 3. The van der Waals surface area contributed by atoms with Gasteiger partial charge in [0.05, 0.1) is 0 Å². The molecule has 7 nitrogen and oxygen atoms in total. The summed E-state index contributed by atoms with van der Waals surface area (Å²) < 4.78 is 17.2. The molecule has 0 spiro atoms. The zero-order valence-electron chi connectivity index (χ0n) is 18.9. The topological polar surface area (TPSA) is 99.1 Å². The van der Waals surface area contributed by atoms with E-state index in [1.807, 2.05) is 0 Å². The normalized spacial score (nSPS) is 49.8. The van der Waals surface area contributed by atoms with E-state index in [0.717, 1.165) is 19.3 Å². The van der Waals surface area contributed by atoms with Gasteiger partial charge in [-0.05, 0) is 61.7 Å². The lowest BCUT2D eigenvalue weighted by Crippen LogP contribution is -2.72. The lowest BCUT2D eigenvalue weighted by Gasteiger charge is -2.64. The highest BCUT2D eigenvalue weighted by Gasteiger charge is 2.75. The maximum absolute atomic E-state index is 12.4. The van der Waals surface area contributed by atoms with Crippen LogP contribution < -0.4 is 0 Å². The van der Waals surface area contributed by atoms with Crippen molar-refractivity contribution in [3.05, 3.63) is 11.1 Å². The van der Waals surface area contributed by atoms with Crippen LogP contribution in [-0.2, 0) is 28.6 Å². The lowest BCUT2D eigenvalue weighted by molar-refractivity contribution is -0.272. The minimum atomic E-state index is -1.61. The smallest absolute Gasteiger partial charge is 0.334 e. The molecule has 0 aromatic heterocycles. The predicted molar refractivity (Wildman–Crippen MR) is 108 cm³/mol. The molecule has 5 rings (SSSR count). The first-order chi connectivity index (χ1) is 14.4. The summed E-state index contributed by atoms with van der Waals surface area (Å²) in [6.07, 6.45) is 1.75. The maximum atomic E-state index is 12.4. The van der Waals surface area contributed by atoms with E-state index < -0.39 is 41.8 Å². The molecule has 0 unspecified atom stereocenters. The van der Waals surface area contributed by atoms with Crippen molar-refractivity contribution < 1.29 is 33.7 Å². The zero-order chi connectivity index (χ0) is 22.5. The SMILES string of the molecule is CC(=O)O[C@H]1C[C@@H]2[C@](C)(CC[C@H]3C[C@]32C)[C@H]2C[C@H]3OC(=O)C(C)=C3[C@@H](OC(C)=O)[C@]12O. The van der Waals surface area contributed by atoms with Gasteiger partial charge in [0.15, 0.2) is 6.10 Å². The minimum absolute atomic E-state index is 0.169. The Kier molecular flexibility index (Phi) is 4.29. The molecule has 0 saturated heterocycles. The highest BCUT2D eigenvalue weighted by atomic mass is 16.6. The molecule has 1 aliphatic heterocycles. The summed E-state index contributed by atoms with van der Waals surface area (Å²) in [6, 6.07) is 0. The van der Waals surface area contributed by atoms with Gasteiger partial charge in [0.2, 0.25) is 0 Å². The average Bonchev–Trinajstić information content (AvgIpc) is 3.26. The summed E-state index contributed by atoms with van der Waals surface area (Å²) in [5.41, 5.74) is -0.789. The molecule has 1 N–H and O–H groups in total. The van der Waals surface area contributed by atoms with Crippen molar-refractivity contribution in [2.45, 2.75) is 90.6 Å². The second kappa shape index (κ2) is 6.33. The number of hydrogen-bond donors (Lipinski definition) is 1. The first-order valence-corrected chi connectivity index (χ1v) is 11.4. The van der Waals surface area contributed by atoms with E-state index in [4.69, 9.17) is 14.2 Å². The number of carbonyl (C=O) groups excluding carboxylic acids is 3. The van der Waals surface area contributed by atoms with Gasteiger partial charge >= 0.3 is 17.9 Å². The third-order valence-corrected chi connectivity index (χ3v) is 9.48. The molecule has 0 bridgehead atoms. The van der Waals surface area contributed by atoms with E-state index in [1.165, 1.54) is 13.8 Å². The Morgan fingerprint density at radius 3 is 2.39 bits per heavy atom. The fraction of sp³-hybridized carbons (Fsp3) is 0.792. The first kappa shape index (κ1) is 21.0. The zero-order valence-corrected chi connectivity index (χ0v) is 18.9. The van der Waals surface area contributed by atoms with Crippen LogP contribution in [0.3, 0.4) is 0 Å². The summed E-state index contributed by atoms with van der Waals surface area (Å²) in [6.45, 7) is 8.81. The van der Waals surface area contributed by atoms with Crippen molar-refractivity contribution in [3.63, 3.8) is 0 Å². The molecule has 5 aliphatic rings. The Balaban J connectivity index is 1.68. The Labute approximate surface area is 182 Å². The van der Waals surface area contributed by atoms with Crippen molar-refractivity contribution in [2.24, 2.45) is 28.6 Å². The lowest BCUT2D eigenvalue weighted by atomic mass is 9.44. The summed E-state index contributed by atoms with van der Waals surface area (Å²) in [5.74, 6) is -0.854. The van der Waals surface area contributed by atoms with Gasteiger partial charge in [-0.2, -0.15) is 0 Å². The van der Waals surface area contributed by atoms with Crippen LogP contribution in [0.1, 0.15) is 66.7 Å². The molecule has 170 valence electrons. The van der Waals surface area contributed by atoms with Gasteiger partial charge in [-0.1, -0.05) is 13.8 Å². The largest absolute Gasteiger partial charge is 0.459 e. The fourth-order valence-corrected chi connectivity index (χ4v) is 7.97. The van der Waals surface area contributed by atoms with Gasteiger partial charge in [0, 0.05) is 30.9 Å². The van der Waals surface area contributed by atoms with Gasteiger partial charge in [0.25, 0.3) is 0 Å². The Morgan fingerprint density at radius 2 is 1.74 bits per heavy atom. The van der Waals surface area contributed by atoms with Gasteiger partial charge in [-0.25, -0.2) is 4.79 Å². The van der Waals surface area contributed by atoms with Gasteiger partial charge in [0.1, 0.15) is 17.8 Å². The van der Waals surface area contributed by atoms with Gasteiger partial charge in [-0.3, -0.25) is 9.59 Å². The summed E-state index contributed by atoms with van der Waals surface area (Å²) in [5, 5.41) is 12.4. The van der Waals surface area contributed by atoms with Crippen LogP contribution in [0.5, 0.6) is 0 Å². The maximum Gasteiger partial charge on any atom is 0.334 e. The number of fused-ring (bicyclic) bond motifs is 6. The highest BCUT2D eigenvalue weighted by Crippen LogP contribution is 2.75. The van der Waals surface area contributed by atoms with E-state index in [2.05, 4.69) is 13.8 Å². The summed E-state index contributed by atoms with van der Waals surface area (Å²) >= 11 is 0. The molecule has 4 saturated carbocycles. The molecule has 31 heavy (non-hydrogen) atoms. The number of rotatable bonds is 2. The number of hydrogen-bond acceptors (Lipinski definition) is 7. The van der Waals surface area contributed by atoms with Gasteiger partial charge in [-0.15, -0.1) is 0 Å². The van der Waals surface area contributed by atoms with Gasteiger partial charge < -0.3 is 19.3 Å². The van der Waals surface area contributed by atoms with Crippen LogP contribution >= 0.6 is 0 Å². The molecular weight excluding hydrogens is 400 g/mol. The van der Waals surface area contributed by atoms with E-state index in [1.54, 1.807) is 6.92 Å². The van der Waals surface area contributed by atoms with Crippen molar-refractivity contribution in [1.29, 1.82) is 0 Å². The van der Waals surface area contributed by atoms with Crippen LogP contribution in [-0.4, -0.2) is 46.9 Å². The van der Waals surface area contributed by atoms with E-state index in [9.17, 15) is 19.5 Å². The third-order valence-electron chi connectivity index (χ3n) is 9.48. The molecule has 9 atom stereocenters. The van der Waals surface area contributed by atoms with E-state index in [-0.39, 0.29) is 22.7 Å². The van der Waals surface area contributed by atoms with Crippen LogP contribution in [0.2, 0.25) is 0 Å². The number of aliphatic hydroxyl groups is 1. The molecule has 4 fully saturated rings. The Hall–Kier alpha value is -1.89. The predicted octanol–water partition coefficient (Wildman–Crippen LogP) is 2.69. The van der Waals surface area contributed by atoms with Crippen molar-refractivity contribution >= 4 is 17.9 Å². The van der Waals surface area contributed by atoms with E-state index in [0.29, 0.717) is 29.9 Å². The second-order valence-corrected chi connectivity index (χ2v) is 11.0. The Morgan fingerprint density at radius 1 is 1.06 bits per heavy atom. The fourth-order valence-electron chi connectivity index (χ4n) is 7.97. The molecule has 7 heteroatoms. The van der Waals surface area contributed by atoms with Crippen LogP contribution in [0, 0.1) is 28.6 Å². The van der Waals surface area contributed by atoms with E-state index >= 15 is 0 Å². The summed E-state index contributed by atoms with van der Waals surface area (Å²) in [7, 11) is 0. The van der Waals surface area contributed by atoms with Crippen molar-refractivity contribution in [2.75, 3.05) is 0 Å². The van der Waals surface area contributed by atoms with Crippen LogP contribution in [0.25, 0.3) is 0 Å². The third kappa shape index (κ3) is 2.65. The first-order valence-electron chi connectivity index (χ1n) is 11.4. The number of carbonyl (C=O) groups is 3. The standard InChI is InChI=1S/C24H32O7/c1-11-19-15(31-21(11)27)8-17-22(4)7-6-14-10-23(14,5)16(22)9-18(29-12(2)25)24(17,28)20(19)30-13(3)26/h14-18,20,28H,6-10H2,1-5H3/t14-,15+,16+,17+,18-,20+,22-,23+,24+/m0/s1. The molecule has 0 aromatic rings. The minimum Gasteiger partial charge on any atom is -0.459 e. The van der Waals surface area contributed by atoms with Crippen LogP contribution in [0.4, 0.5) is 0 Å². The Bertz CT molecular complexity index is 908. The molecular formula is C24H32O7. The monoisotopic (exact) mass is 432 g/mol. The summed E-state index contributed by atoms with van der Waals surface area (Å²) in [4.78, 5) is 36.6. The molecule has 1 heterocycles. The molecule has 0 amide bonds. The molecule has 4 aliphatic carbocycles. The highest BCUT2D eigenvalue weighted by molar-refractivity contribution is 5.92. The molecule has 0 radical (unpaired) electrons. The quantitative estimate of drug-likeness (QED) is 0.529. The van der Waals surface area contributed by atoms with Crippen molar-refractivity contribution in [1.82, 2.24) is 0 Å². The number of esters is 3. The molecule has 0 aromatic carbocycles.